The summed E-state index contributed by atoms with van der Waals surface area (Å²) < 4.78 is 0. The van der Waals surface area contributed by atoms with Crippen molar-refractivity contribution < 1.29 is 14.7 Å². The first-order valence-electron chi connectivity index (χ1n) is 6.66. The maximum Gasteiger partial charge on any atom is 0.323 e. The zero-order valence-corrected chi connectivity index (χ0v) is 12.5. The lowest BCUT2D eigenvalue weighted by atomic mass is 10.1. The Balaban J connectivity index is 2.15. The molecule has 0 aliphatic rings. The first-order chi connectivity index (χ1) is 10.1. The van der Waals surface area contributed by atoms with E-state index in [2.05, 4.69) is 0 Å². The van der Waals surface area contributed by atoms with E-state index in [1.807, 2.05) is 54.8 Å². The predicted octanol–water partition coefficient (Wildman–Crippen LogP) is 2.97. The van der Waals surface area contributed by atoms with Crippen LogP contribution in [0.1, 0.15) is 23.3 Å². The van der Waals surface area contributed by atoms with E-state index in [0.717, 1.165) is 10.4 Å². The summed E-state index contributed by atoms with van der Waals surface area (Å²) >= 11 is 1.51. The number of rotatable bonds is 6. The van der Waals surface area contributed by atoms with Crippen LogP contribution in [-0.4, -0.2) is 28.4 Å². The topological polar surface area (TPSA) is 57.6 Å². The van der Waals surface area contributed by atoms with Crippen molar-refractivity contribution in [1.82, 2.24) is 4.90 Å². The van der Waals surface area contributed by atoms with Crippen molar-refractivity contribution in [3.63, 3.8) is 0 Å². The lowest BCUT2D eigenvalue weighted by Crippen LogP contribution is -2.37. The number of thiophene rings is 1. The van der Waals surface area contributed by atoms with Gasteiger partial charge in [-0.15, -0.1) is 11.3 Å². The number of carboxylic acids is 1. The Hall–Kier alpha value is -2.14. The van der Waals surface area contributed by atoms with E-state index in [1.54, 1.807) is 0 Å². The van der Waals surface area contributed by atoms with E-state index >= 15 is 0 Å². The van der Waals surface area contributed by atoms with Gasteiger partial charge in [-0.25, -0.2) is 0 Å². The van der Waals surface area contributed by atoms with Crippen LogP contribution in [0, 0.1) is 0 Å². The second-order valence-electron chi connectivity index (χ2n) is 4.81. The highest BCUT2D eigenvalue weighted by molar-refractivity contribution is 7.10. The predicted molar refractivity (Wildman–Crippen MR) is 82.2 cm³/mol. The molecule has 0 fully saturated rings. The van der Waals surface area contributed by atoms with Gasteiger partial charge in [-0.2, -0.15) is 0 Å². The van der Waals surface area contributed by atoms with Gasteiger partial charge in [0.15, 0.2) is 0 Å². The third-order valence-electron chi connectivity index (χ3n) is 3.19. The molecule has 0 radical (unpaired) electrons. The molecule has 110 valence electrons. The third kappa shape index (κ3) is 4.16. The minimum absolute atomic E-state index is 0.163. The minimum Gasteiger partial charge on any atom is -0.480 e. The average molecular weight is 303 g/mol. The number of carboxylic acid groups (broad SMARTS) is 1. The number of hydrogen-bond acceptors (Lipinski definition) is 3. The molecule has 4 nitrogen and oxygen atoms in total. The zero-order chi connectivity index (χ0) is 15.2. The fraction of sp³-hybridized carbons (Fsp3) is 0.250. The Morgan fingerprint density at radius 3 is 2.48 bits per heavy atom. The van der Waals surface area contributed by atoms with Gasteiger partial charge < -0.3 is 10.0 Å². The summed E-state index contributed by atoms with van der Waals surface area (Å²) in [5, 5.41) is 10.9. The van der Waals surface area contributed by atoms with Crippen LogP contribution in [0.2, 0.25) is 0 Å². The van der Waals surface area contributed by atoms with Gasteiger partial charge in [0.2, 0.25) is 5.91 Å². The second-order valence-corrected chi connectivity index (χ2v) is 5.79. The van der Waals surface area contributed by atoms with Crippen LogP contribution >= 0.6 is 11.3 Å². The van der Waals surface area contributed by atoms with Crippen molar-refractivity contribution in [1.29, 1.82) is 0 Å². The highest BCUT2D eigenvalue weighted by Crippen LogP contribution is 2.23. The Labute approximate surface area is 127 Å². The second kappa shape index (κ2) is 7.04. The van der Waals surface area contributed by atoms with Crippen molar-refractivity contribution in [2.75, 3.05) is 6.54 Å². The Kier molecular flexibility index (Phi) is 5.11. The Morgan fingerprint density at radius 1 is 1.19 bits per heavy atom. The first-order valence-corrected chi connectivity index (χ1v) is 7.54. The summed E-state index contributed by atoms with van der Waals surface area (Å²) in [5.41, 5.74) is 0.922. The molecule has 0 spiro atoms. The lowest BCUT2D eigenvalue weighted by molar-refractivity contribution is -0.145. The SMILES string of the molecule is C[C@H](C(=O)N(CC(=O)O)Cc1ccccc1)c1cccs1. The fourth-order valence-electron chi connectivity index (χ4n) is 2.11. The van der Waals surface area contributed by atoms with Crippen LogP contribution in [-0.2, 0) is 16.1 Å². The van der Waals surface area contributed by atoms with Crippen LogP contribution in [0.15, 0.2) is 47.8 Å². The quantitative estimate of drug-likeness (QED) is 0.892. The van der Waals surface area contributed by atoms with Crippen LogP contribution in [0.5, 0.6) is 0 Å². The van der Waals surface area contributed by atoms with Gasteiger partial charge in [0.1, 0.15) is 6.54 Å². The highest BCUT2D eigenvalue weighted by atomic mass is 32.1. The molecule has 0 unspecified atom stereocenters. The number of benzene rings is 1. The zero-order valence-electron chi connectivity index (χ0n) is 11.7. The van der Waals surface area contributed by atoms with E-state index in [9.17, 15) is 9.59 Å². The molecule has 1 aromatic heterocycles. The van der Waals surface area contributed by atoms with E-state index in [0.29, 0.717) is 6.54 Å². The normalized spacial score (nSPS) is 11.9. The molecule has 1 aromatic carbocycles. The standard InChI is InChI=1S/C16H17NO3S/c1-12(14-8-5-9-21-14)16(20)17(11-15(18)19)10-13-6-3-2-4-7-13/h2-9,12H,10-11H2,1H3,(H,18,19)/t12-/m0/s1. The maximum absolute atomic E-state index is 12.6. The van der Waals surface area contributed by atoms with Crippen LogP contribution in [0.4, 0.5) is 0 Å². The van der Waals surface area contributed by atoms with E-state index in [4.69, 9.17) is 5.11 Å². The van der Waals surface area contributed by atoms with Gasteiger partial charge in [0, 0.05) is 11.4 Å². The van der Waals surface area contributed by atoms with E-state index in [-0.39, 0.29) is 18.4 Å². The van der Waals surface area contributed by atoms with Crippen molar-refractivity contribution in [2.45, 2.75) is 19.4 Å². The molecule has 0 aliphatic carbocycles. The van der Waals surface area contributed by atoms with Crippen LogP contribution in [0.3, 0.4) is 0 Å². The molecule has 2 rings (SSSR count). The molecule has 1 heterocycles. The molecule has 0 bridgehead atoms. The summed E-state index contributed by atoms with van der Waals surface area (Å²) in [6, 6.07) is 13.2. The summed E-state index contributed by atoms with van der Waals surface area (Å²) in [5.74, 6) is -1.49. The number of carbonyl (C=O) groups excluding carboxylic acids is 1. The van der Waals surface area contributed by atoms with Gasteiger partial charge in [0.05, 0.1) is 5.92 Å². The molecular formula is C16H17NO3S. The Morgan fingerprint density at radius 2 is 1.90 bits per heavy atom. The average Bonchev–Trinajstić information content (AvgIpc) is 3.00. The van der Waals surface area contributed by atoms with Crippen molar-refractivity contribution in [3.05, 3.63) is 58.3 Å². The molecule has 1 atom stereocenters. The van der Waals surface area contributed by atoms with Crippen molar-refractivity contribution >= 4 is 23.2 Å². The lowest BCUT2D eigenvalue weighted by Gasteiger charge is -2.24. The maximum atomic E-state index is 12.6. The van der Waals surface area contributed by atoms with Gasteiger partial charge in [-0.3, -0.25) is 9.59 Å². The van der Waals surface area contributed by atoms with E-state index < -0.39 is 5.97 Å². The molecule has 0 saturated heterocycles. The first kappa shape index (κ1) is 15.3. The summed E-state index contributed by atoms with van der Waals surface area (Å²) in [6.07, 6.45) is 0. The molecule has 1 N–H and O–H groups in total. The molecule has 1 amide bonds. The monoisotopic (exact) mass is 303 g/mol. The Bertz CT molecular complexity index is 595. The molecular weight excluding hydrogens is 286 g/mol. The van der Waals surface area contributed by atoms with Crippen molar-refractivity contribution in [2.24, 2.45) is 0 Å². The third-order valence-corrected chi connectivity index (χ3v) is 4.25. The number of carbonyl (C=O) groups is 2. The molecule has 2 aromatic rings. The van der Waals surface area contributed by atoms with E-state index in [1.165, 1.54) is 16.2 Å². The van der Waals surface area contributed by atoms with Gasteiger partial charge in [-0.1, -0.05) is 36.4 Å². The number of nitrogens with zero attached hydrogens (tertiary/aromatic N) is 1. The van der Waals surface area contributed by atoms with Crippen LogP contribution in [0.25, 0.3) is 0 Å². The smallest absolute Gasteiger partial charge is 0.323 e. The minimum atomic E-state index is -1.00. The molecule has 5 heteroatoms. The molecule has 21 heavy (non-hydrogen) atoms. The largest absolute Gasteiger partial charge is 0.480 e. The highest BCUT2D eigenvalue weighted by Gasteiger charge is 2.24. The molecule has 0 aliphatic heterocycles. The van der Waals surface area contributed by atoms with Crippen LogP contribution < -0.4 is 0 Å². The summed E-state index contributed by atoms with van der Waals surface area (Å²) in [6.45, 7) is 1.83. The van der Waals surface area contributed by atoms with Gasteiger partial charge >= 0.3 is 5.97 Å². The summed E-state index contributed by atoms with van der Waals surface area (Å²) in [7, 11) is 0. The van der Waals surface area contributed by atoms with Gasteiger partial charge in [0.25, 0.3) is 0 Å². The summed E-state index contributed by atoms with van der Waals surface area (Å²) in [4.78, 5) is 25.9. The molecule has 0 saturated carbocycles. The van der Waals surface area contributed by atoms with Crippen molar-refractivity contribution in [3.8, 4) is 0 Å². The number of amides is 1. The number of aliphatic carboxylic acids is 1. The van der Waals surface area contributed by atoms with Gasteiger partial charge in [-0.05, 0) is 23.9 Å². The number of hydrogen-bond donors (Lipinski definition) is 1. The fourth-order valence-corrected chi connectivity index (χ4v) is 2.89.